The number of hydrogen-bond donors (Lipinski definition) is 0. The molecule has 0 bridgehead atoms. The average molecular weight is 310 g/mol. The predicted octanol–water partition coefficient (Wildman–Crippen LogP) is 4.06. The first-order chi connectivity index (χ1) is 10.7. The van der Waals surface area contributed by atoms with E-state index in [2.05, 4.69) is 58.7 Å². The van der Waals surface area contributed by atoms with Crippen LogP contribution in [0.2, 0.25) is 0 Å². The lowest BCUT2D eigenvalue weighted by atomic mass is 10.1. The van der Waals surface area contributed by atoms with Crippen LogP contribution in [0, 0.1) is 13.8 Å². The van der Waals surface area contributed by atoms with E-state index in [-0.39, 0.29) is 0 Å². The van der Waals surface area contributed by atoms with Gasteiger partial charge in [0.1, 0.15) is 5.69 Å². The molecule has 0 saturated carbocycles. The van der Waals surface area contributed by atoms with Crippen molar-refractivity contribution in [3.05, 3.63) is 53.7 Å². The number of rotatable bonds is 4. The molecule has 3 aromatic rings. The number of pyridine rings is 1. The first-order valence-corrected chi connectivity index (χ1v) is 8.26. The summed E-state index contributed by atoms with van der Waals surface area (Å²) in [5, 5.41) is 9.63. The van der Waals surface area contributed by atoms with Gasteiger partial charge in [-0.1, -0.05) is 42.4 Å². The van der Waals surface area contributed by atoms with E-state index in [4.69, 9.17) is 0 Å². The summed E-state index contributed by atoms with van der Waals surface area (Å²) in [5.41, 5.74) is 4.39. The lowest BCUT2D eigenvalue weighted by Crippen LogP contribution is -2.03. The van der Waals surface area contributed by atoms with Crippen molar-refractivity contribution in [3.63, 3.8) is 0 Å². The summed E-state index contributed by atoms with van der Waals surface area (Å²) in [6, 6.07) is 12.3. The molecule has 22 heavy (non-hydrogen) atoms. The number of thioether (sulfide) groups is 1. The van der Waals surface area contributed by atoms with Gasteiger partial charge < -0.3 is 0 Å². The zero-order valence-corrected chi connectivity index (χ0v) is 13.8. The summed E-state index contributed by atoms with van der Waals surface area (Å²) in [6.45, 7) is 6.33. The van der Waals surface area contributed by atoms with E-state index >= 15 is 0 Å². The molecule has 0 fully saturated rings. The van der Waals surface area contributed by atoms with Gasteiger partial charge in [0, 0.05) is 6.20 Å². The van der Waals surface area contributed by atoms with Crippen LogP contribution in [0.15, 0.2) is 47.8 Å². The highest BCUT2D eigenvalue weighted by atomic mass is 32.2. The summed E-state index contributed by atoms with van der Waals surface area (Å²) in [7, 11) is 0. The smallest absolute Gasteiger partial charge is 0.196 e. The minimum atomic E-state index is 0.781. The van der Waals surface area contributed by atoms with Crippen LogP contribution >= 0.6 is 11.8 Å². The molecule has 0 saturated heterocycles. The van der Waals surface area contributed by atoms with Crippen molar-refractivity contribution < 1.29 is 0 Å². The Morgan fingerprint density at radius 3 is 2.64 bits per heavy atom. The fourth-order valence-electron chi connectivity index (χ4n) is 2.43. The SMILES string of the molecule is CCSc1nnc(-c2ccccn2)n1-c1ccc(C)cc1C. The number of benzene rings is 1. The predicted molar refractivity (Wildman–Crippen MR) is 90.5 cm³/mol. The second kappa shape index (κ2) is 6.32. The van der Waals surface area contributed by atoms with E-state index in [0.29, 0.717) is 0 Å². The summed E-state index contributed by atoms with van der Waals surface area (Å²) in [4.78, 5) is 4.42. The lowest BCUT2D eigenvalue weighted by Gasteiger charge is -2.12. The molecule has 2 aromatic heterocycles. The van der Waals surface area contributed by atoms with Gasteiger partial charge in [-0.05, 0) is 43.4 Å². The van der Waals surface area contributed by atoms with Gasteiger partial charge in [0.25, 0.3) is 0 Å². The van der Waals surface area contributed by atoms with Crippen molar-refractivity contribution in [2.75, 3.05) is 5.75 Å². The van der Waals surface area contributed by atoms with Gasteiger partial charge in [-0.3, -0.25) is 9.55 Å². The minimum Gasteiger partial charge on any atom is -0.268 e. The van der Waals surface area contributed by atoms with Crippen LogP contribution in [0.5, 0.6) is 0 Å². The zero-order chi connectivity index (χ0) is 15.5. The highest BCUT2D eigenvalue weighted by Crippen LogP contribution is 2.28. The van der Waals surface area contributed by atoms with Crippen LogP contribution in [0.25, 0.3) is 17.2 Å². The molecule has 0 radical (unpaired) electrons. The van der Waals surface area contributed by atoms with Crippen molar-refractivity contribution in [2.24, 2.45) is 0 Å². The van der Waals surface area contributed by atoms with Gasteiger partial charge in [-0.25, -0.2) is 0 Å². The second-order valence-corrected chi connectivity index (χ2v) is 6.31. The summed E-state index contributed by atoms with van der Waals surface area (Å²) in [5.74, 6) is 1.73. The van der Waals surface area contributed by atoms with E-state index in [1.165, 1.54) is 11.1 Å². The van der Waals surface area contributed by atoms with Crippen LogP contribution in [-0.2, 0) is 0 Å². The largest absolute Gasteiger partial charge is 0.268 e. The van der Waals surface area contributed by atoms with E-state index in [1.807, 2.05) is 18.2 Å². The number of aryl methyl sites for hydroxylation is 2. The summed E-state index contributed by atoms with van der Waals surface area (Å²) >= 11 is 1.69. The van der Waals surface area contributed by atoms with Gasteiger partial charge in [0.15, 0.2) is 11.0 Å². The molecule has 0 aliphatic rings. The third-order valence-corrected chi connectivity index (χ3v) is 4.21. The Morgan fingerprint density at radius 1 is 1.09 bits per heavy atom. The molecule has 5 heteroatoms. The minimum absolute atomic E-state index is 0.781. The highest BCUT2D eigenvalue weighted by molar-refractivity contribution is 7.99. The molecular weight excluding hydrogens is 292 g/mol. The van der Waals surface area contributed by atoms with Crippen molar-refractivity contribution >= 4 is 11.8 Å². The molecule has 0 amide bonds. The number of aromatic nitrogens is 4. The Morgan fingerprint density at radius 2 is 1.95 bits per heavy atom. The van der Waals surface area contributed by atoms with Crippen LogP contribution < -0.4 is 0 Å². The zero-order valence-electron chi connectivity index (χ0n) is 12.9. The van der Waals surface area contributed by atoms with E-state index in [9.17, 15) is 0 Å². The first kappa shape index (κ1) is 14.8. The van der Waals surface area contributed by atoms with Crippen molar-refractivity contribution in [1.29, 1.82) is 0 Å². The number of nitrogens with zero attached hydrogens (tertiary/aromatic N) is 4. The summed E-state index contributed by atoms with van der Waals surface area (Å²) in [6.07, 6.45) is 1.78. The lowest BCUT2D eigenvalue weighted by molar-refractivity contribution is 0.879. The quantitative estimate of drug-likeness (QED) is 0.682. The van der Waals surface area contributed by atoms with Crippen molar-refractivity contribution in [1.82, 2.24) is 19.7 Å². The van der Waals surface area contributed by atoms with Crippen LogP contribution in [-0.4, -0.2) is 25.5 Å². The molecular formula is C17H18N4S. The first-order valence-electron chi connectivity index (χ1n) is 7.28. The van der Waals surface area contributed by atoms with Gasteiger partial charge in [-0.15, -0.1) is 10.2 Å². The van der Waals surface area contributed by atoms with Crippen LogP contribution in [0.4, 0.5) is 0 Å². The molecule has 0 N–H and O–H groups in total. The topological polar surface area (TPSA) is 43.6 Å². The number of hydrogen-bond acceptors (Lipinski definition) is 4. The maximum Gasteiger partial charge on any atom is 0.196 e. The Hall–Kier alpha value is -2.14. The summed E-state index contributed by atoms with van der Waals surface area (Å²) < 4.78 is 2.10. The van der Waals surface area contributed by atoms with Gasteiger partial charge in [0.05, 0.1) is 5.69 Å². The Bertz CT molecular complexity index is 781. The van der Waals surface area contributed by atoms with Gasteiger partial charge in [-0.2, -0.15) is 0 Å². The Balaban J connectivity index is 2.21. The third kappa shape index (κ3) is 2.76. The molecule has 112 valence electrons. The normalized spacial score (nSPS) is 10.9. The molecule has 0 spiro atoms. The maximum absolute atomic E-state index is 4.42. The van der Waals surface area contributed by atoms with Crippen molar-refractivity contribution in [2.45, 2.75) is 25.9 Å². The van der Waals surface area contributed by atoms with Gasteiger partial charge in [0.2, 0.25) is 0 Å². The van der Waals surface area contributed by atoms with Gasteiger partial charge >= 0.3 is 0 Å². The third-order valence-electron chi connectivity index (χ3n) is 3.39. The maximum atomic E-state index is 4.42. The molecule has 0 aliphatic carbocycles. The molecule has 0 atom stereocenters. The Kier molecular flexibility index (Phi) is 4.24. The monoisotopic (exact) mass is 310 g/mol. The molecule has 1 aromatic carbocycles. The fraction of sp³-hybridized carbons (Fsp3) is 0.235. The van der Waals surface area contributed by atoms with E-state index < -0.39 is 0 Å². The fourth-order valence-corrected chi connectivity index (χ4v) is 3.10. The molecule has 4 nitrogen and oxygen atoms in total. The highest BCUT2D eigenvalue weighted by Gasteiger charge is 2.17. The van der Waals surface area contributed by atoms with E-state index in [0.717, 1.165) is 28.1 Å². The molecule has 2 heterocycles. The second-order valence-electron chi connectivity index (χ2n) is 5.08. The molecule has 3 rings (SSSR count). The van der Waals surface area contributed by atoms with Crippen LogP contribution in [0.3, 0.4) is 0 Å². The molecule has 0 aliphatic heterocycles. The molecule has 0 unspecified atom stereocenters. The standard InChI is InChI=1S/C17H18N4S/c1-4-22-17-20-19-16(14-7-5-6-10-18-14)21(17)15-9-8-12(2)11-13(15)3/h5-11H,4H2,1-3H3. The van der Waals surface area contributed by atoms with E-state index in [1.54, 1.807) is 18.0 Å². The van der Waals surface area contributed by atoms with Crippen LogP contribution in [0.1, 0.15) is 18.1 Å². The average Bonchev–Trinajstić information content (AvgIpc) is 2.92. The van der Waals surface area contributed by atoms with Crippen molar-refractivity contribution in [3.8, 4) is 17.2 Å². The Labute approximate surface area is 134 Å².